The number of carbonyl (C=O) groups excluding carboxylic acids is 2. The Balaban J connectivity index is 1.47. The molecule has 6 nitrogen and oxygen atoms in total. The third kappa shape index (κ3) is 2.52. The molecule has 4 rings (SSSR count). The van der Waals surface area contributed by atoms with Gasteiger partial charge in [-0.2, -0.15) is 5.10 Å². The highest BCUT2D eigenvalue weighted by atomic mass is 16.2. The molecule has 1 atom stereocenters. The number of rotatable bonds is 3. The summed E-state index contributed by atoms with van der Waals surface area (Å²) in [6, 6.07) is 9.90. The third-order valence-corrected chi connectivity index (χ3v) is 5.87. The van der Waals surface area contributed by atoms with Gasteiger partial charge >= 0.3 is 0 Å². The number of carbonyl (C=O) groups is 2. The van der Waals surface area contributed by atoms with Crippen LogP contribution in [0.1, 0.15) is 25.3 Å². The van der Waals surface area contributed by atoms with Gasteiger partial charge in [0.1, 0.15) is 0 Å². The van der Waals surface area contributed by atoms with E-state index >= 15 is 0 Å². The zero-order chi connectivity index (χ0) is 18.3. The highest BCUT2D eigenvalue weighted by Crippen LogP contribution is 2.47. The molecule has 1 aromatic heterocycles. The first kappa shape index (κ1) is 16.8. The van der Waals surface area contributed by atoms with E-state index in [0.29, 0.717) is 32.5 Å². The lowest BCUT2D eigenvalue weighted by Crippen LogP contribution is -2.50. The Morgan fingerprint density at radius 1 is 1.23 bits per heavy atom. The van der Waals surface area contributed by atoms with Crippen molar-refractivity contribution in [1.29, 1.82) is 0 Å². The minimum absolute atomic E-state index is 0.127. The van der Waals surface area contributed by atoms with Crippen molar-refractivity contribution < 1.29 is 9.59 Å². The Morgan fingerprint density at radius 3 is 2.65 bits per heavy atom. The van der Waals surface area contributed by atoms with Gasteiger partial charge in [0.25, 0.3) is 0 Å². The molecular formula is C20H24N4O2. The number of hydrogen-bond donors (Lipinski definition) is 0. The Kier molecular flexibility index (Phi) is 4.05. The number of likely N-dealkylation sites (N-methyl/N-ethyl adjacent to an activating group) is 1. The Labute approximate surface area is 153 Å². The van der Waals surface area contributed by atoms with E-state index in [1.54, 1.807) is 15.8 Å². The van der Waals surface area contributed by atoms with Crippen molar-refractivity contribution in [2.45, 2.75) is 31.7 Å². The summed E-state index contributed by atoms with van der Waals surface area (Å²) in [5, 5.41) is 4.18. The van der Waals surface area contributed by atoms with Gasteiger partial charge < -0.3 is 9.80 Å². The SMILES string of the molecule is CC(Cn1cccn1)C(=O)N1CCC2(CC1)C(=O)N(C)c1ccccc12. The molecule has 2 amide bonds. The first-order chi connectivity index (χ1) is 12.5. The van der Waals surface area contributed by atoms with E-state index in [-0.39, 0.29) is 17.7 Å². The average molecular weight is 352 g/mol. The van der Waals surface area contributed by atoms with E-state index in [1.165, 1.54) is 0 Å². The molecule has 26 heavy (non-hydrogen) atoms. The van der Waals surface area contributed by atoms with Crippen molar-refractivity contribution >= 4 is 17.5 Å². The van der Waals surface area contributed by atoms with Crippen LogP contribution >= 0.6 is 0 Å². The molecule has 136 valence electrons. The zero-order valence-corrected chi connectivity index (χ0v) is 15.3. The minimum Gasteiger partial charge on any atom is -0.342 e. The normalized spacial score (nSPS) is 19.7. The topological polar surface area (TPSA) is 58.4 Å². The lowest BCUT2D eigenvalue weighted by Gasteiger charge is -2.39. The minimum atomic E-state index is -0.465. The Bertz CT molecular complexity index is 822. The number of piperidine rings is 1. The largest absolute Gasteiger partial charge is 0.342 e. The van der Waals surface area contributed by atoms with Gasteiger partial charge in [-0.15, -0.1) is 0 Å². The predicted octanol–water partition coefficient (Wildman–Crippen LogP) is 2.06. The average Bonchev–Trinajstić information content (AvgIpc) is 3.25. The standard InChI is InChI=1S/C20H24N4O2/c1-15(14-24-11-5-10-21-24)18(25)23-12-8-20(9-13-23)16-6-3-4-7-17(16)22(2)19(20)26/h3-7,10-11,15H,8-9,12-14H2,1-2H3. The first-order valence-electron chi connectivity index (χ1n) is 9.17. The van der Waals surface area contributed by atoms with E-state index in [2.05, 4.69) is 11.2 Å². The van der Waals surface area contributed by atoms with Gasteiger partial charge in [-0.05, 0) is 30.5 Å². The van der Waals surface area contributed by atoms with Crippen LogP contribution in [0.3, 0.4) is 0 Å². The number of anilines is 1. The maximum Gasteiger partial charge on any atom is 0.237 e. The molecule has 0 bridgehead atoms. The molecule has 0 saturated carbocycles. The fourth-order valence-electron chi connectivity index (χ4n) is 4.39. The predicted molar refractivity (Wildman–Crippen MR) is 98.7 cm³/mol. The van der Waals surface area contributed by atoms with Gasteiger partial charge in [0.15, 0.2) is 0 Å². The summed E-state index contributed by atoms with van der Waals surface area (Å²) >= 11 is 0. The summed E-state index contributed by atoms with van der Waals surface area (Å²) in [6.07, 6.45) is 4.97. The van der Waals surface area contributed by atoms with Crippen LogP contribution in [0.25, 0.3) is 0 Å². The smallest absolute Gasteiger partial charge is 0.237 e. The van der Waals surface area contributed by atoms with Crippen molar-refractivity contribution in [2.24, 2.45) is 5.92 Å². The van der Waals surface area contributed by atoms with Crippen molar-refractivity contribution in [3.8, 4) is 0 Å². The fraction of sp³-hybridized carbons (Fsp3) is 0.450. The monoisotopic (exact) mass is 352 g/mol. The van der Waals surface area contributed by atoms with Crippen molar-refractivity contribution in [1.82, 2.24) is 14.7 Å². The van der Waals surface area contributed by atoms with Gasteiger partial charge in [-0.25, -0.2) is 0 Å². The molecule has 0 radical (unpaired) electrons. The number of likely N-dealkylation sites (tertiary alicyclic amines) is 1. The Morgan fingerprint density at radius 2 is 1.96 bits per heavy atom. The van der Waals surface area contributed by atoms with Crippen LogP contribution in [0.15, 0.2) is 42.7 Å². The molecule has 1 aromatic carbocycles. The lowest BCUT2D eigenvalue weighted by molar-refractivity contribution is -0.139. The van der Waals surface area contributed by atoms with Crippen LogP contribution in [0.2, 0.25) is 0 Å². The molecule has 0 aliphatic carbocycles. The summed E-state index contributed by atoms with van der Waals surface area (Å²) in [4.78, 5) is 29.5. The van der Waals surface area contributed by atoms with E-state index in [0.717, 1.165) is 11.3 Å². The molecule has 6 heteroatoms. The molecule has 2 aliphatic rings. The van der Waals surface area contributed by atoms with Gasteiger partial charge in [-0.1, -0.05) is 25.1 Å². The van der Waals surface area contributed by atoms with E-state index < -0.39 is 5.41 Å². The zero-order valence-electron chi connectivity index (χ0n) is 15.3. The highest BCUT2D eigenvalue weighted by Gasteiger charge is 2.51. The van der Waals surface area contributed by atoms with Crippen LogP contribution in [-0.4, -0.2) is 46.6 Å². The maximum absolute atomic E-state index is 13.0. The van der Waals surface area contributed by atoms with Gasteiger partial charge in [0, 0.05) is 38.2 Å². The fourth-order valence-corrected chi connectivity index (χ4v) is 4.39. The number of nitrogens with zero attached hydrogens (tertiary/aromatic N) is 4. The lowest BCUT2D eigenvalue weighted by atomic mass is 9.73. The van der Waals surface area contributed by atoms with Gasteiger partial charge in [0.2, 0.25) is 11.8 Å². The molecule has 1 unspecified atom stereocenters. The Hall–Kier alpha value is -2.63. The van der Waals surface area contributed by atoms with Crippen molar-refractivity contribution in [3.05, 3.63) is 48.3 Å². The number of fused-ring (bicyclic) bond motifs is 2. The second kappa shape index (κ2) is 6.27. The summed E-state index contributed by atoms with van der Waals surface area (Å²) in [5.74, 6) is 0.177. The first-order valence-corrected chi connectivity index (χ1v) is 9.17. The third-order valence-electron chi connectivity index (χ3n) is 5.87. The van der Waals surface area contributed by atoms with Gasteiger partial charge in [0.05, 0.1) is 17.9 Å². The molecule has 1 saturated heterocycles. The highest BCUT2D eigenvalue weighted by molar-refractivity contribution is 6.07. The number of hydrogen-bond acceptors (Lipinski definition) is 3. The van der Waals surface area contributed by atoms with E-state index in [9.17, 15) is 9.59 Å². The van der Waals surface area contributed by atoms with Gasteiger partial charge in [-0.3, -0.25) is 14.3 Å². The summed E-state index contributed by atoms with van der Waals surface area (Å²) in [7, 11) is 1.85. The summed E-state index contributed by atoms with van der Waals surface area (Å²) in [6.45, 7) is 3.77. The molecule has 2 aromatic rings. The maximum atomic E-state index is 13.0. The number of amides is 2. The van der Waals surface area contributed by atoms with Crippen LogP contribution < -0.4 is 4.90 Å². The molecular weight excluding hydrogens is 328 g/mol. The molecule has 3 heterocycles. The van der Waals surface area contributed by atoms with Crippen molar-refractivity contribution in [2.75, 3.05) is 25.0 Å². The molecule has 2 aliphatic heterocycles. The number of benzene rings is 1. The van der Waals surface area contributed by atoms with Crippen LogP contribution in [-0.2, 0) is 21.5 Å². The summed E-state index contributed by atoms with van der Waals surface area (Å²) < 4.78 is 1.79. The molecule has 1 spiro atoms. The number of para-hydroxylation sites is 1. The number of aromatic nitrogens is 2. The molecule has 0 N–H and O–H groups in total. The second-order valence-electron chi connectivity index (χ2n) is 7.42. The molecule has 1 fully saturated rings. The van der Waals surface area contributed by atoms with Crippen LogP contribution in [0.5, 0.6) is 0 Å². The van der Waals surface area contributed by atoms with E-state index in [4.69, 9.17) is 0 Å². The van der Waals surface area contributed by atoms with Crippen LogP contribution in [0, 0.1) is 5.92 Å². The second-order valence-corrected chi connectivity index (χ2v) is 7.42. The van der Waals surface area contributed by atoms with Crippen LogP contribution in [0.4, 0.5) is 5.69 Å². The quantitative estimate of drug-likeness (QED) is 0.850. The summed E-state index contributed by atoms with van der Waals surface area (Å²) in [5.41, 5.74) is 1.65. The van der Waals surface area contributed by atoms with Crippen molar-refractivity contribution in [3.63, 3.8) is 0 Å². The van der Waals surface area contributed by atoms with E-state index in [1.807, 2.05) is 49.3 Å².